The van der Waals surface area contributed by atoms with Gasteiger partial charge in [0.2, 0.25) is 11.9 Å². The summed E-state index contributed by atoms with van der Waals surface area (Å²) in [5.74, 6) is 1.25. The number of aromatic nitrogens is 8. The van der Waals surface area contributed by atoms with E-state index in [1.165, 1.54) is 173 Å². The topological polar surface area (TPSA) is 71.3 Å². The van der Waals surface area contributed by atoms with Crippen LogP contribution in [0.2, 0.25) is 0 Å². The molecule has 0 N–H and O–H groups in total. The molecule has 0 saturated heterocycles. The minimum atomic E-state index is 0.619. The van der Waals surface area contributed by atoms with Gasteiger partial charge in [-0.25, -0.2) is 19.9 Å². The van der Waals surface area contributed by atoms with Gasteiger partial charge in [0.25, 0.3) is 0 Å². The summed E-state index contributed by atoms with van der Waals surface area (Å²) < 4.78 is 9.38. The van der Waals surface area contributed by atoms with Crippen LogP contribution in [0.1, 0.15) is 0 Å². The van der Waals surface area contributed by atoms with Gasteiger partial charge in [-0.3, -0.25) is 9.13 Å². The first-order chi connectivity index (χ1) is 73.4. The lowest BCUT2D eigenvalue weighted by atomic mass is 9.92. The number of hydrogen-bond donors (Lipinski definition) is 0. The van der Waals surface area contributed by atoms with E-state index in [2.05, 4.69) is 528 Å². The third-order valence-corrected chi connectivity index (χ3v) is 31.4. The van der Waals surface area contributed by atoms with Crippen LogP contribution in [0.15, 0.2) is 510 Å². The molecule has 32 aromatic rings. The van der Waals surface area contributed by atoms with Crippen molar-refractivity contribution in [1.29, 1.82) is 0 Å². The summed E-state index contributed by atoms with van der Waals surface area (Å²) in [7, 11) is 0. The summed E-state index contributed by atoms with van der Waals surface area (Å²) in [6.07, 6.45) is 0. The lowest BCUT2D eigenvalue weighted by Gasteiger charge is -2.16. The maximum Gasteiger partial charge on any atom is 0.235 e. The summed E-state index contributed by atoms with van der Waals surface area (Å²) in [5.41, 5.74) is 23.6. The highest BCUT2D eigenvalue weighted by atomic mass is 15.2. The predicted molar refractivity (Wildman–Crippen MR) is 624 cm³/mol. The fourth-order valence-corrected chi connectivity index (χ4v) is 24.7. The molecule has 148 heavy (non-hydrogen) atoms. The summed E-state index contributed by atoms with van der Waals surface area (Å²) in [6.45, 7) is 0. The Balaban J connectivity index is 0.000000137. The molecule has 0 unspecified atom stereocenters. The van der Waals surface area contributed by atoms with E-state index in [9.17, 15) is 0 Å². The normalized spacial score (nSPS) is 12.1. The highest BCUT2D eigenvalue weighted by Gasteiger charge is 2.27. The Hall–Kier alpha value is -19.8. The Morgan fingerprint density at radius 2 is 0.351 bits per heavy atom. The molecule has 0 aliphatic rings. The smallest absolute Gasteiger partial charge is 0.235 e. The van der Waals surface area contributed by atoms with Crippen molar-refractivity contribution in [2.75, 3.05) is 0 Å². The van der Waals surface area contributed by atoms with Crippen LogP contribution >= 0.6 is 0 Å². The highest BCUT2D eigenvalue weighted by Crippen LogP contribution is 2.49. The zero-order valence-electron chi connectivity index (χ0n) is 80.1. The Morgan fingerprint density at radius 1 is 0.122 bits per heavy atom. The number of rotatable bonds is 10. The van der Waals surface area contributed by atoms with Gasteiger partial charge in [0.1, 0.15) is 0 Å². The maximum absolute atomic E-state index is 5.63. The number of para-hydroxylation sites is 5. The van der Waals surface area contributed by atoms with E-state index < -0.39 is 0 Å². The number of hydrogen-bond acceptors (Lipinski definition) is 4. The fourth-order valence-electron chi connectivity index (χ4n) is 24.7. The van der Waals surface area contributed by atoms with Crippen molar-refractivity contribution in [2.45, 2.75) is 0 Å². The standard InChI is InChI=1S/C78H46N4.C62H38N4/c1-2-18-52-49(17-1)45-77(64-28-12-11-19-53(52)64)81-73-31-15-13-29-65(73)69-41-47(35-39-75(69)81)48-36-40-76-70(42-48)66-30-14-16-32-74(66)82(76)78-79-71(50-33-37-62-58-24-5-3-20-54(58)56-22-7-9-26-60(56)67(62)43-50)46-72(80-78)51-34-38-63-59-25-6-4-21-55(59)57-23-8-10-27-61(57)68(63)44-51;1-2-18-43(19-3-1)65-58-28-14-12-26-50(58)54-34-39(30-32-60(54)65)40-31-33-61-55(35-40)51-27-13-15-29-59(51)66(61)62-63-56(52-36-41-16-4-6-20-44(41)46-22-8-10-24-48(46)52)38-57(64-62)53-37-42-17-5-7-21-45(42)47-23-9-11-25-49(47)53/h1-46H;1-38H. The zero-order chi connectivity index (χ0) is 96.9. The third kappa shape index (κ3) is 12.9. The minimum absolute atomic E-state index is 0.619. The molecule has 0 spiro atoms. The van der Waals surface area contributed by atoms with Crippen LogP contribution in [0.3, 0.4) is 0 Å². The highest BCUT2D eigenvalue weighted by molar-refractivity contribution is 6.29. The largest absolute Gasteiger partial charge is 0.309 e. The van der Waals surface area contributed by atoms with Gasteiger partial charge in [0.05, 0.1) is 72.6 Å². The molecule has 8 nitrogen and oxygen atoms in total. The van der Waals surface area contributed by atoms with Crippen LogP contribution in [0, 0.1) is 0 Å². The van der Waals surface area contributed by atoms with Crippen molar-refractivity contribution in [3.8, 4) is 90.6 Å². The van der Waals surface area contributed by atoms with E-state index in [-0.39, 0.29) is 0 Å². The van der Waals surface area contributed by atoms with E-state index in [0.717, 1.165) is 122 Å². The van der Waals surface area contributed by atoms with Crippen LogP contribution in [0.5, 0.6) is 0 Å². The molecule has 0 atom stereocenters. The second-order valence-corrected chi connectivity index (χ2v) is 39.3. The average molecular weight is 1880 g/mol. The van der Waals surface area contributed by atoms with E-state index in [1.807, 2.05) is 0 Å². The maximum atomic E-state index is 5.63. The van der Waals surface area contributed by atoms with Gasteiger partial charge in [0, 0.05) is 76.4 Å². The van der Waals surface area contributed by atoms with Crippen LogP contribution in [0.4, 0.5) is 0 Å². The molecule has 0 fully saturated rings. The molecule has 6 heterocycles. The van der Waals surface area contributed by atoms with Crippen LogP contribution in [-0.2, 0) is 0 Å². The second kappa shape index (κ2) is 32.9. The molecule has 0 bridgehead atoms. The van der Waals surface area contributed by atoms with Gasteiger partial charge in [-0.05, 0) is 274 Å². The fraction of sp³-hybridized carbons (Fsp3) is 0. The molecular weight excluding hydrogens is 1790 g/mol. The van der Waals surface area contributed by atoms with Crippen molar-refractivity contribution in [1.82, 2.24) is 38.2 Å². The molecule has 0 saturated carbocycles. The van der Waals surface area contributed by atoms with Gasteiger partial charge in [-0.2, -0.15) is 0 Å². The zero-order valence-corrected chi connectivity index (χ0v) is 80.1. The molecule has 0 radical (unpaired) electrons. The Bertz CT molecular complexity index is 10900. The van der Waals surface area contributed by atoms with Crippen LogP contribution < -0.4 is 0 Å². The first-order valence-electron chi connectivity index (χ1n) is 50.8. The molecule has 0 aliphatic carbocycles. The minimum Gasteiger partial charge on any atom is -0.309 e. The molecule has 8 heteroatoms. The van der Waals surface area contributed by atoms with Crippen molar-refractivity contribution < 1.29 is 0 Å². The van der Waals surface area contributed by atoms with Crippen molar-refractivity contribution >= 4 is 216 Å². The first kappa shape index (κ1) is 82.9. The molecular formula is C140H84N8. The lowest BCUT2D eigenvalue weighted by Crippen LogP contribution is -2.04. The van der Waals surface area contributed by atoms with Crippen molar-refractivity contribution in [3.05, 3.63) is 510 Å². The summed E-state index contributed by atoms with van der Waals surface area (Å²) in [6, 6.07) is 186. The molecule has 0 aliphatic heterocycles. The molecule has 0 amide bonds. The quantitative estimate of drug-likeness (QED) is 0.128. The van der Waals surface area contributed by atoms with E-state index in [4.69, 9.17) is 19.9 Å². The van der Waals surface area contributed by atoms with Crippen molar-refractivity contribution in [3.63, 3.8) is 0 Å². The number of fused-ring (bicyclic) bond motifs is 33. The average Bonchev–Trinajstić information content (AvgIpc) is 1.54. The Morgan fingerprint density at radius 3 is 0.723 bits per heavy atom. The monoisotopic (exact) mass is 1880 g/mol. The lowest BCUT2D eigenvalue weighted by molar-refractivity contribution is 0.996. The van der Waals surface area contributed by atoms with E-state index in [0.29, 0.717) is 11.9 Å². The van der Waals surface area contributed by atoms with Gasteiger partial charge in [0.15, 0.2) is 0 Å². The van der Waals surface area contributed by atoms with E-state index >= 15 is 0 Å². The summed E-state index contributed by atoms with van der Waals surface area (Å²) in [4.78, 5) is 22.4. The summed E-state index contributed by atoms with van der Waals surface area (Å²) >= 11 is 0. The van der Waals surface area contributed by atoms with E-state index in [1.54, 1.807) is 0 Å². The van der Waals surface area contributed by atoms with Gasteiger partial charge >= 0.3 is 0 Å². The van der Waals surface area contributed by atoms with Gasteiger partial charge < -0.3 is 9.13 Å². The van der Waals surface area contributed by atoms with Crippen molar-refractivity contribution in [2.24, 2.45) is 0 Å². The predicted octanol–water partition coefficient (Wildman–Crippen LogP) is 37.2. The summed E-state index contributed by atoms with van der Waals surface area (Å²) in [5, 5.41) is 38.8. The van der Waals surface area contributed by atoms with Gasteiger partial charge in [-0.1, -0.05) is 382 Å². The Kier molecular flexibility index (Phi) is 18.4. The molecule has 684 valence electrons. The van der Waals surface area contributed by atoms with Crippen LogP contribution in [0.25, 0.3) is 307 Å². The first-order valence-corrected chi connectivity index (χ1v) is 50.8. The second-order valence-electron chi connectivity index (χ2n) is 39.3. The number of benzene rings is 26. The molecule has 6 aromatic heterocycles. The molecule has 32 rings (SSSR count). The Labute approximate surface area is 848 Å². The SMILES string of the molecule is c1ccc(-n2c3ccccc3c3cc(-c4ccc5c(c4)c4ccccc4n5-c4nc(-c5cc6ccccc6c6ccccc56)cc(-c5cc6ccccc6c6ccccc56)n4)ccc32)cc1.c1ccc2c(c1)cc(-n1c3ccccc3c3cc(-c4ccc5c(c4)c4ccccc4n5-c4nc(-c5ccc6c7ccccc7c7ccccc7c6c5)cc(-c5ccc6c7ccccc7c7ccccc7c6c5)n4)ccc31)c1ccccc12. The van der Waals surface area contributed by atoms with Gasteiger partial charge in [-0.15, -0.1) is 0 Å². The number of nitrogens with zero attached hydrogens (tertiary/aromatic N) is 8. The van der Waals surface area contributed by atoms with Crippen LogP contribution in [-0.4, -0.2) is 38.2 Å². The third-order valence-electron chi connectivity index (χ3n) is 31.4. The molecule has 26 aromatic carbocycles.